The molecule has 0 unspecified atom stereocenters. The summed E-state index contributed by atoms with van der Waals surface area (Å²) < 4.78 is 23.6. The highest BCUT2D eigenvalue weighted by molar-refractivity contribution is 6.39. The molecule has 2 N–H and O–H groups in total. The zero-order valence-corrected chi connectivity index (χ0v) is 13.0. The van der Waals surface area contributed by atoms with E-state index in [-0.39, 0.29) is 0 Å². The lowest BCUT2D eigenvalue weighted by molar-refractivity contribution is -0.136. The van der Waals surface area contributed by atoms with Gasteiger partial charge in [0.2, 0.25) is 0 Å². The third kappa shape index (κ3) is 4.31. The van der Waals surface area contributed by atoms with Gasteiger partial charge in [0, 0.05) is 5.69 Å². The standard InChI is InChI=1S/C17H14FN3O4/c18-12-2-4-13(5-3-12)20-16(22)17(23)21-19-10-11-1-6-14-15(9-11)25-8-7-24-14/h1-6,9-10H,7-8H2,(H,20,22)(H,21,23)/b19-10-. The van der Waals surface area contributed by atoms with Crippen LogP contribution in [0.25, 0.3) is 0 Å². The average molecular weight is 343 g/mol. The number of hydrazone groups is 1. The first-order chi connectivity index (χ1) is 12.1. The van der Waals surface area contributed by atoms with E-state index in [2.05, 4.69) is 15.8 Å². The molecule has 0 saturated heterocycles. The van der Waals surface area contributed by atoms with Gasteiger partial charge in [-0.15, -0.1) is 0 Å². The van der Waals surface area contributed by atoms with E-state index in [1.807, 2.05) is 0 Å². The summed E-state index contributed by atoms with van der Waals surface area (Å²) in [6.07, 6.45) is 1.38. The molecule has 0 radical (unpaired) electrons. The molecule has 0 aromatic heterocycles. The summed E-state index contributed by atoms with van der Waals surface area (Å²) in [5.74, 6) is -1.06. The summed E-state index contributed by atoms with van der Waals surface area (Å²) in [5.41, 5.74) is 3.09. The van der Waals surface area contributed by atoms with Gasteiger partial charge in [0.25, 0.3) is 0 Å². The molecule has 0 bridgehead atoms. The fourth-order valence-corrected chi connectivity index (χ4v) is 2.08. The molecule has 0 fully saturated rings. The molecule has 7 nitrogen and oxygen atoms in total. The van der Waals surface area contributed by atoms with Crippen LogP contribution < -0.4 is 20.2 Å². The van der Waals surface area contributed by atoms with E-state index in [1.54, 1.807) is 18.2 Å². The number of fused-ring (bicyclic) bond motifs is 1. The van der Waals surface area contributed by atoms with Crippen LogP contribution in [0.5, 0.6) is 11.5 Å². The van der Waals surface area contributed by atoms with E-state index in [4.69, 9.17) is 9.47 Å². The summed E-state index contributed by atoms with van der Waals surface area (Å²) in [7, 11) is 0. The number of rotatable bonds is 3. The Morgan fingerprint density at radius 2 is 1.72 bits per heavy atom. The lowest BCUT2D eigenvalue weighted by atomic mass is 10.2. The number of hydrogen-bond acceptors (Lipinski definition) is 5. The Balaban J connectivity index is 1.55. The van der Waals surface area contributed by atoms with Crippen LogP contribution in [-0.2, 0) is 9.59 Å². The van der Waals surface area contributed by atoms with Crippen molar-refractivity contribution in [1.29, 1.82) is 0 Å². The monoisotopic (exact) mass is 343 g/mol. The van der Waals surface area contributed by atoms with Crippen molar-refractivity contribution in [2.75, 3.05) is 18.5 Å². The van der Waals surface area contributed by atoms with Crippen molar-refractivity contribution in [3.63, 3.8) is 0 Å². The van der Waals surface area contributed by atoms with Gasteiger partial charge < -0.3 is 14.8 Å². The van der Waals surface area contributed by atoms with Crippen LogP contribution in [0.4, 0.5) is 10.1 Å². The lowest BCUT2D eigenvalue weighted by Crippen LogP contribution is -2.32. The predicted molar refractivity (Wildman–Crippen MR) is 88.2 cm³/mol. The molecular formula is C17H14FN3O4. The topological polar surface area (TPSA) is 89.0 Å². The van der Waals surface area contributed by atoms with E-state index in [0.717, 1.165) is 0 Å². The molecule has 1 heterocycles. The molecule has 2 amide bonds. The second kappa shape index (κ2) is 7.43. The summed E-state index contributed by atoms with van der Waals surface area (Å²) >= 11 is 0. The average Bonchev–Trinajstić information content (AvgIpc) is 2.63. The minimum atomic E-state index is -0.946. The molecule has 0 aliphatic carbocycles. The second-order valence-electron chi connectivity index (χ2n) is 5.06. The normalized spacial score (nSPS) is 12.7. The van der Waals surface area contributed by atoms with Gasteiger partial charge in [-0.1, -0.05) is 0 Å². The number of benzene rings is 2. The summed E-state index contributed by atoms with van der Waals surface area (Å²) in [4.78, 5) is 23.4. The highest BCUT2D eigenvalue weighted by Gasteiger charge is 2.13. The van der Waals surface area contributed by atoms with Crippen molar-refractivity contribution in [3.8, 4) is 11.5 Å². The van der Waals surface area contributed by atoms with Crippen LogP contribution in [0.2, 0.25) is 0 Å². The highest BCUT2D eigenvalue weighted by atomic mass is 19.1. The summed E-state index contributed by atoms with van der Waals surface area (Å²) in [6, 6.07) is 10.2. The minimum absolute atomic E-state index is 0.303. The van der Waals surface area contributed by atoms with Crippen LogP contribution in [-0.4, -0.2) is 31.2 Å². The molecule has 0 spiro atoms. The number of nitrogens with one attached hydrogen (secondary N) is 2. The molecule has 2 aromatic carbocycles. The predicted octanol–water partition coefficient (Wildman–Crippen LogP) is 1.69. The third-order valence-corrected chi connectivity index (χ3v) is 3.25. The van der Waals surface area contributed by atoms with Gasteiger partial charge in [0.1, 0.15) is 19.0 Å². The molecule has 0 atom stereocenters. The smallest absolute Gasteiger partial charge is 0.329 e. The van der Waals surface area contributed by atoms with E-state index in [0.29, 0.717) is 36.0 Å². The molecule has 1 aliphatic heterocycles. The van der Waals surface area contributed by atoms with Gasteiger partial charge in [-0.25, -0.2) is 9.82 Å². The molecule has 25 heavy (non-hydrogen) atoms. The zero-order chi connectivity index (χ0) is 17.6. The number of anilines is 1. The minimum Gasteiger partial charge on any atom is -0.486 e. The molecule has 2 aromatic rings. The molecule has 8 heteroatoms. The van der Waals surface area contributed by atoms with Crippen LogP contribution in [0.15, 0.2) is 47.6 Å². The van der Waals surface area contributed by atoms with Crippen LogP contribution in [0.3, 0.4) is 0 Å². The van der Waals surface area contributed by atoms with E-state index in [1.165, 1.54) is 30.5 Å². The Hall–Kier alpha value is -3.42. The fraction of sp³-hybridized carbons (Fsp3) is 0.118. The van der Waals surface area contributed by atoms with Crippen molar-refractivity contribution in [2.24, 2.45) is 5.10 Å². The first kappa shape index (κ1) is 16.4. The Morgan fingerprint density at radius 1 is 1.00 bits per heavy atom. The maximum Gasteiger partial charge on any atom is 0.329 e. The van der Waals surface area contributed by atoms with Crippen molar-refractivity contribution in [1.82, 2.24) is 5.43 Å². The Bertz CT molecular complexity index is 821. The van der Waals surface area contributed by atoms with Crippen LogP contribution in [0, 0.1) is 5.82 Å². The maximum absolute atomic E-state index is 12.8. The molecule has 0 saturated carbocycles. The quantitative estimate of drug-likeness (QED) is 0.504. The van der Waals surface area contributed by atoms with Gasteiger partial charge in [0.15, 0.2) is 11.5 Å². The molecule has 128 valence electrons. The maximum atomic E-state index is 12.8. The first-order valence-corrected chi connectivity index (χ1v) is 7.41. The van der Waals surface area contributed by atoms with Crippen LogP contribution in [0.1, 0.15) is 5.56 Å². The highest BCUT2D eigenvalue weighted by Crippen LogP contribution is 2.30. The van der Waals surface area contributed by atoms with E-state index in [9.17, 15) is 14.0 Å². The van der Waals surface area contributed by atoms with Crippen molar-refractivity contribution in [3.05, 3.63) is 53.8 Å². The number of amides is 2. The summed E-state index contributed by atoms with van der Waals surface area (Å²) in [5, 5.41) is 6.06. The number of carbonyl (C=O) groups excluding carboxylic acids is 2. The zero-order valence-electron chi connectivity index (χ0n) is 13.0. The fourth-order valence-electron chi connectivity index (χ4n) is 2.08. The Labute approximate surface area is 142 Å². The SMILES string of the molecule is O=C(N/N=C\c1ccc2c(c1)OCCO2)C(=O)Nc1ccc(F)cc1. The van der Waals surface area contributed by atoms with Gasteiger partial charge in [0.05, 0.1) is 6.21 Å². The van der Waals surface area contributed by atoms with Gasteiger partial charge in [-0.3, -0.25) is 9.59 Å². The van der Waals surface area contributed by atoms with Crippen molar-refractivity contribution >= 4 is 23.7 Å². The number of carbonyl (C=O) groups is 2. The summed E-state index contributed by atoms with van der Waals surface area (Å²) in [6.45, 7) is 0.966. The number of ether oxygens (including phenoxy) is 2. The number of halogens is 1. The largest absolute Gasteiger partial charge is 0.486 e. The first-order valence-electron chi connectivity index (χ1n) is 7.41. The van der Waals surface area contributed by atoms with Gasteiger partial charge >= 0.3 is 11.8 Å². The van der Waals surface area contributed by atoms with Gasteiger partial charge in [-0.2, -0.15) is 5.10 Å². The lowest BCUT2D eigenvalue weighted by Gasteiger charge is -2.18. The molecule has 1 aliphatic rings. The van der Waals surface area contributed by atoms with Crippen LogP contribution >= 0.6 is 0 Å². The Kier molecular flexibility index (Phi) is 4.89. The van der Waals surface area contributed by atoms with Crippen molar-refractivity contribution in [2.45, 2.75) is 0 Å². The molecular weight excluding hydrogens is 329 g/mol. The van der Waals surface area contributed by atoms with E-state index < -0.39 is 17.6 Å². The number of nitrogens with zero attached hydrogens (tertiary/aromatic N) is 1. The Morgan fingerprint density at radius 3 is 2.48 bits per heavy atom. The van der Waals surface area contributed by atoms with Gasteiger partial charge in [-0.05, 0) is 48.0 Å². The number of hydrogen-bond donors (Lipinski definition) is 2. The molecule has 3 rings (SSSR count). The second-order valence-corrected chi connectivity index (χ2v) is 5.06. The van der Waals surface area contributed by atoms with Crippen molar-refractivity contribution < 1.29 is 23.5 Å². The van der Waals surface area contributed by atoms with E-state index >= 15 is 0 Å². The third-order valence-electron chi connectivity index (χ3n) is 3.25.